The highest BCUT2D eigenvalue weighted by Crippen LogP contribution is 2.27. The highest BCUT2D eigenvalue weighted by molar-refractivity contribution is 7.89. The van der Waals surface area contributed by atoms with Crippen LogP contribution in [-0.4, -0.2) is 31.7 Å². The third-order valence-electron chi connectivity index (χ3n) is 6.04. The van der Waals surface area contributed by atoms with Crippen LogP contribution in [0.15, 0.2) is 83.8 Å². The minimum absolute atomic E-state index is 0.0341. The van der Waals surface area contributed by atoms with E-state index in [0.29, 0.717) is 19.4 Å². The fourth-order valence-electron chi connectivity index (χ4n) is 4.15. The van der Waals surface area contributed by atoms with Gasteiger partial charge < -0.3 is 5.32 Å². The van der Waals surface area contributed by atoms with Crippen LogP contribution in [0.25, 0.3) is 0 Å². The lowest BCUT2D eigenvalue weighted by Crippen LogP contribution is -2.46. The Labute approximate surface area is 194 Å². The molecule has 0 radical (unpaired) electrons. The number of aryl methyl sites for hydroxylation is 1. The molecule has 33 heavy (non-hydrogen) atoms. The van der Waals surface area contributed by atoms with E-state index in [1.165, 1.54) is 16.4 Å². The Morgan fingerprint density at radius 1 is 0.970 bits per heavy atom. The number of nitrogens with zero attached hydrogens (tertiary/aromatic N) is 1. The van der Waals surface area contributed by atoms with Gasteiger partial charge in [0, 0.05) is 13.1 Å². The number of carbonyl (C=O) groups excluding carboxylic acids is 1. The largest absolute Gasteiger partial charge is 0.345 e. The maximum absolute atomic E-state index is 13.3. The molecule has 0 spiro atoms. The molecule has 4 rings (SSSR count). The van der Waals surface area contributed by atoms with E-state index in [2.05, 4.69) is 5.32 Å². The minimum Gasteiger partial charge on any atom is -0.345 e. The summed E-state index contributed by atoms with van der Waals surface area (Å²) in [6.07, 6.45) is 1.19. The molecule has 0 unspecified atom stereocenters. The maximum atomic E-state index is 13.3. The summed E-state index contributed by atoms with van der Waals surface area (Å²) in [5, 5.41) is 3.15. The van der Waals surface area contributed by atoms with Crippen molar-refractivity contribution in [1.29, 1.82) is 0 Å². The molecule has 1 fully saturated rings. The second-order valence-electron chi connectivity index (χ2n) is 8.42. The van der Waals surface area contributed by atoms with Crippen molar-refractivity contribution >= 4 is 15.9 Å². The van der Waals surface area contributed by atoms with Crippen LogP contribution in [0.4, 0.5) is 4.39 Å². The SMILES string of the molecule is Cc1ccc([C@@H](NC(=O)[C@@H]2CCCN(S(=O)(=O)c3ccc(F)cc3)C2)c2ccccc2)cc1. The normalized spacial score (nSPS) is 17.9. The van der Waals surface area contributed by atoms with E-state index in [-0.39, 0.29) is 23.4 Å². The average Bonchev–Trinajstić information content (AvgIpc) is 2.84. The molecule has 3 aromatic rings. The molecule has 1 aliphatic rings. The van der Waals surface area contributed by atoms with Crippen molar-refractivity contribution in [3.8, 4) is 0 Å². The summed E-state index contributed by atoms with van der Waals surface area (Å²) < 4.78 is 40.6. The van der Waals surface area contributed by atoms with Gasteiger partial charge in [0.05, 0.1) is 16.9 Å². The summed E-state index contributed by atoms with van der Waals surface area (Å²) in [5.41, 5.74) is 3.05. The molecule has 1 heterocycles. The van der Waals surface area contributed by atoms with Crippen molar-refractivity contribution < 1.29 is 17.6 Å². The standard InChI is InChI=1S/C26H27FN2O3S/c1-19-9-11-21(12-10-19)25(20-6-3-2-4-7-20)28-26(30)22-8-5-17-29(18-22)33(31,32)24-15-13-23(27)14-16-24/h2-4,6-7,9-16,22,25H,5,8,17-18H2,1H3,(H,28,30)/t22-,25+/m1/s1. The molecule has 2 atom stereocenters. The van der Waals surface area contributed by atoms with Gasteiger partial charge >= 0.3 is 0 Å². The number of piperidine rings is 1. The molecular weight excluding hydrogens is 439 g/mol. The lowest BCUT2D eigenvalue weighted by Gasteiger charge is -2.32. The summed E-state index contributed by atoms with van der Waals surface area (Å²) >= 11 is 0. The Bertz CT molecular complexity index is 1200. The van der Waals surface area contributed by atoms with Crippen molar-refractivity contribution in [1.82, 2.24) is 9.62 Å². The number of nitrogens with one attached hydrogen (secondary N) is 1. The number of rotatable bonds is 6. The molecule has 0 aliphatic carbocycles. The van der Waals surface area contributed by atoms with Crippen LogP contribution in [-0.2, 0) is 14.8 Å². The Kier molecular flexibility index (Phi) is 6.91. The first-order valence-corrected chi connectivity index (χ1v) is 12.5. The van der Waals surface area contributed by atoms with Crippen molar-refractivity contribution in [2.24, 2.45) is 5.92 Å². The topological polar surface area (TPSA) is 66.5 Å². The monoisotopic (exact) mass is 466 g/mol. The molecule has 3 aromatic carbocycles. The van der Waals surface area contributed by atoms with Gasteiger partial charge in [-0.25, -0.2) is 12.8 Å². The van der Waals surface area contributed by atoms with Gasteiger partial charge in [0.1, 0.15) is 5.82 Å². The third-order valence-corrected chi connectivity index (χ3v) is 7.92. The van der Waals surface area contributed by atoms with Crippen molar-refractivity contribution in [2.45, 2.75) is 30.7 Å². The van der Waals surface area contributed by atoms with Crippen LogP contribution in [0.3, 0.4) is 0 Å². The maximum Gasteiger partial charge on any atom is 0.243 e. The van der Waals surface area contributed by atoms with Gasteiger partial charge in [-0.1, -0.05) is 60.2 Å². The fourth-order valence-corrected chi connectivity index (χ4v) is 5.68. The lowest BCUT2D eigenvalue weighted by molar-refractivity contribution is -0.126. The molecule has 1 saturated heterocycles. The van der Waals surface area contributed by atoms with Crippen molar-refractivity contribution in [3.63, 3.8) is 0 Å². The predicted molar refractivity (Wildman–Crippen MR) is 125 cm³/mol. The second-order valence-corrected chi connectivity index (χ2v) is 10.4. The zero-order valence-electron chi connectivity index (χ0n) is 18.4. The zero-order chi connectivity index (χ0) is 23.4. The molecule has 5 nitrogen and oxygen atoms in total. The Morgan fingerprint density at radius 2 is 1.61 bits per heavy atom. The van der Waals surface area contributed by atoms with Crippen molar-refractivity contribution in [3.05, 3.63) is 101 Å². The van der Waals surface area contributed by atoms with Gasteiger partial charge in [-0.2, -0.15) is 4.31 Å². The fraction of sp³-hybridized carbons (Fsp3) is 0.269. The van der Waals surface area contributed by atoms with E-state index in [1.807, 2.05) is 61.5 Å². The number of carbonyl (C=O) groups is 1. The van der Waals surface area contributed by atoms with E-state index in [4.69, 9.17) is 0 Å². The molecule has 1 N–H and O–H groups in total. The van der Waals surface area contributed by atoms with Gasteiger partial charge in [0.2, 0.25) is 15.9 Å². The Morgan fingerprint density at radius 3 is 2.27 bits per heavy atom. The first-order chi connectivity index (χ1) is 15.8. The van der Waals surface area contributed by atoms with Crippen molar-refractivity contribution in [2.75, 3.05) is 13.1 Å². The van der Waals surface area contributed by atoms with E-state index in [9.17, 15) is 17.6 Å². The van der Waals surface area contributed by atoms with E-state index in [1.54, 1.807) is 0 Å². The highest BCUT2D eigenvalue weighted by Gasteiger charge is 2.34. The van der Waals surface area contributed by atoms with Crippen LogP contribution in [0.2, 0.25) is 0 Å². The highest BCUT2D eigenvalue weighted by atomic mass is 32.2. The van der Waals surface area contributed by atoms with Gasteiger partial charge in [0.25, 0.3) is 0 Å². The van der Waals surface area contributed by atoms with Gasteiger partial charge in [-0.15, -0.1) is 0 Å². The predicted octanol–water partition coefficient (Wildman–Crippen LogP) is 4.44. The van der Waals surface area contributed by atoms with E-state index < -0.39 is 21.8 Å². The van der Waals surface area contributed by atoms with Crippen LogP contribution >= 0.6 is 0 Å². The zero-order valence-corrected chi connectivity index (χ0v) is 19.3. The first-order valence-electron chi connectivity index (χ1n) is 11.0. The molecule has 1 aliphatic heterocycles. The molecule has 172 valence electrons. The summed E-state index contributed by atoms with van der Waals surface area (Å²) in [6, 6.07) is 22.2. The molecule has 0 aromatic heterocycles. The van der Waals surface area contributed by atoms with E-state index >= 15 is 0 Å². The summed E-state index contributed by atoms with van der Waals surface area (Å²) in [5.74, 6) is -1.14. The first kappa shape index (κ1) is 23.1. The molecule has 7 heteroatoms. The van der Waals surface area contributed by atoms with Crippen LogP contribution in [0, 0.1) is 18.7 Å². The lowest BCUT2D eigenvalue weighted by atomic mass is 9.94. The Balaban J connectivity index is 1.53. The van der Waals surface area contributed by atoms with Crippen LogP contribution in [0.1, 0.15) is 35.6 Å². The molecular formula is C26H27FN2O3S. The third kappa shape index (κ3) is 5.31. The summed E-state index contributed by atoms with van der Waals surface area (Å²) in [6.45, 7) is 2.45. The quantitative estimate of drug-likeness (QED) is 0.584. The van der Waals surface area contributed by atoms with Gasteiger partial charge in [-0.05, 0) is 55.2 Å². The number of amides is 1. The van der Waals surface area contributed by atoms with E-state index in [0.717, 1.165) is 28.8 Å². The number of hydrogen-bond donors (Lipinski definition) is 1. The number of halogens is 1. The average molecular weight is 467 g/mol. The second kappa shape index (κ2) is 9.85. The molecule has 0 saturated carbocycles. The van der Waals surface area contributed by atoms with Crippen LogP contribution < -0.4 is 5.32 Å². The number of hydrogen-bond acceptors (Lipinski definition) is 3. The number of benzene rings is 3. The summed E-state index contributed by atoms with van der Waals surface area (Å²) in [4.78, 5) is 13.3. The molecule has 1 amide bonds. The van der Waals surface area contributed by atoms with Gasteiger partial charge in [0.15, 0.2) is 0 Å². The smallest absolute Gasteiger partial charge is 0.243 e. The minimum atomic E-state index is -3.80. The summed E-state index contributed by atoms with van der Waals surface area (Å²) in [7, 11) is -3.80. The van der Waals surface area contributed by atoms with Gasteiger partial charge in [-0.3, -0.25) is 4.79 Å². The molecule has 0 bridgehead atoms. The van der Waals surface area contributed by atoms with Crippen LogP contribution in [0.5, 0.6) is 0 Å². The number of sulfonamides is 1. The Hall–Kier alpha value is -3.03.